The average Bonchev–Trinajstić information content (AvgIpc) is 2.56. The molecule has 24 heavy (non-hydrogen) atoms. The number of aliphatic carboxylic acids is 2. The van der Waals surface area contributed by atoms with E-state index in [1.54, 1.807) is 6.08 Å². The summed E-state index contributed by atoms with van der Waals surface area (Å²) in [6.07, 6.45) is 2.68. The van der Waals surface area contributed by atoms with Gasteiger partial charge in [-0.25, -0.2) is 9.59 Å². The molecule has 0 fully saturated rings. The third kappa shape index (κ3) is 16.0. The van der Waals surface area contributed by atoms with Crippen LogP contribution in [-0.4, -0.2) is 46.7 Å². The summed E-state index contributed by atoms with van der Waals surface area (Å²) >= 11 is 0. The predicted molar refractivity (Wildman–Crippen MR) is 99.0 cm³/mol. The zero-order valence-corrected chi connectivity index (χ0v) is 15.0. The van der Waals surface area contributed by atoms with Crippen LogP contribution < -0.4 is 0 Å². The maximum atomic E-state index is 10.1. The molecule has 1 aromatic carbocycles. The number of carboxylic acids is 2. The molecule has 0 atom stereocenters. The van der Waals surface area contributed by atoms with Gasteiger partial charge in [-0.05, 0) is 38.2 Å². The van der Waals surface area contributed by atoms with Gasteiger partial charge in [-0.2, -0.15) is 0 Å². The Morgan fingerprint density at radius 2 is 1.46 bits per heavy atom. The second-order valence-corrected chi connectivity index (χ2v) is 4.79. The van der Waals surface area contributed by atoms with Crippen LogP contribution in [0, 0.1) is 0 Å². The Balaban J connectivity index is 0. The third-order valence-corrected chi connectivity index (χ3v) is 2.92. The summed E-state index contributed by atoms with van der Waals surface area (Å²) in [6.45, 7) is 14.7. The molecule has 1 rings (SSSR count). The molecule has 0 spiro atoms. The van der Waals surface area contributed by atoms with Crippen LogP contribution >= 0.6 is 0 Å². The molecule has 1 aromatic rings. The second-order valence-electron chi connectivity index (χ2n) is 4.79. The van der Waals surface area contributed by atoms with Gasteiger partial charge in [0.15, 0.2) is 0 Å². The topological polar surface area (TPSA) is 77.8 Å². The normalized spacial score (nSPS) is 9.54. The molecule has 0 aliphatic rings. The van der Waals surface area contributed by atoms with Crippen molar-refractivity contribution in [1.29, 1.82) is 0 Å². The van der Waals surface area contributed by atoms with Crippen LogP contribution in [0.1, 0.15) is 33.3 Å². The van der Waals surface area contributed by atoms with Crippen molar-refractivity contribution < 1.29 is 19.8 Å². The first-order valence-electron chi connectivity index (χ1n) is 7.85. The van der Waals surface area contributed by atoms with Gasteiger partial charge < -0.3 is 15.1 Å². The standard InChI is InChI=1S/C9H8O2.C6H15N.C4H6O2/c10-9(11)7-6-8-4-2-1-3-5-8;1-4-7(5-2)6-3;1-3(2)4(5)6/h1-7H,(H,10,11);4-6H2,1-3H3;1H2,2H3,(H,5,6). The van der Waals surface area contributed by atoms with Crippen molar-refractivity contribution in [2.45, 2.75) is 27.7 Å². The molecular weight excluding hydrogens is 306 g/mol. The summed E-state index contributed by atoms with van der Waals surface area (Å²) in [6, 6.07) is 9.31. The Bertz CT molecular complexity index is 488. The van der Waals surface area contributed by atoms with E-state index in [4.69, 9.17) is 10.2 Å². The zero-order valence-electron chi connectivity index (χ0n) is 15.0. The molecule has 0 aromatic heterocycles. The quantitative estimate of drug-likeness (QED) is 0.774. The van der Waals surface area contributed by atoms with Gasteiger partial charge in [-0.3, -0.25) is 0 Å². The highest BCUT2D eigenvalue weighted by atomic mass is 16.4. The summed E-state index contributed by atoms with van der Waals surface area (Å²) in [7, 11) is 0. The molecule has 0 bridgehead atoms. The van der Waals surface area contributed by atoms with Gasteiger partial charge in [0.2, 0.25) is 0 Å². The van der Waals surface area contributed by atoms with Crippen LogP contribution in [0.4, 0.5) is 0 Å². The summed E-state index contributed by atoms with van der Waals surface area (Å²) < 4.78 is 0. The maximum Gasteiger partial charge on any atom is 0.330 e. The van der Waals surface area contributed by atoms with E-state index in [1.165, 1.54) is 26.6 Å². The van der Waals surface area contributed by atoms with E-state index in [-0.39, 0.29) is 5.57 Å². The summed E-state index contributed by atoms with van der Waals surface area (Å²) in [5, 5.41) is 16.2. The molecule has 5 heteroatoms. The SMILES string of the molecule is C=C(C)C(=O)O.CCN(CC)CC.O=C(O)C=Cc1ccccc1. The van der Waals surface area contributed by atoms with Crippen molar-refractivity contribution in [2.24, 2.45) is 0 Å². The van der Waals surface area contributed by atoms with E-state index in [0.717, 1.165) is 11.6 Å². The lowest BCUT2D eigenvalue weighted by Crippen LogP contribution is -2.21. The lowest BCUT2D eigenvalue weighted by molar-refractivity contribution is -0.133. The number of hydrogen-bond acceptors (Lipinski definition) is 3. The fraction of sp³-hybridized carbons (Fsp3) is 0.368. The zero-order chi connectivity index (χ0) is 19.0. The van der Waals surface area contributed by atoms with Crippen molar-refractivity contribution in [3.8, 4) is 0 Å². The molecule has 0 amide bonds. The lowest BCUT2D eigenvalue weighted by Gasteiger charge is -2.13. The highest BCUT2D eigenvalue weighted by Crippen LogP contribution is 1.99. The van der Waals surface area contributed by atoms with Crippen LogP contribution in [-0.2, 0) is 9.59 Å². The smallest absolute Gasteiger partial charge is 0.330 e. The van der Waals surface area contributed by atoms with Crippen LogP contribution in [0.5, 0.6) is 0 Å². The average molecular weight is 335 g/mol. The molecule has 0 radical (unpaired) electrons. The van der Waals surface area contributed by atoms with Crippen molar-refractivity contribution >= 4 is 18.0 Å². The first kappa shape index (κ1) is 23.9. The fourth-order valence-electron chi connectivity index (χ4n) is 1.40. The van der Waals surface area contributed by atoms with Crippen molar-refractivity contribution in [3.63, 3.8) is 0 Å². The van der Waals surface area contributed by atoms with Crippen molar-refractivity contribution in [3.05, 3.63) is 54.1 Å². The maximum absolute atomic E-state index is 10.1. The molecule has 2 N–H and O–H groups in total. The first-order chi connectivity index (χ1) is 11.3. The van der Waals surface area contributed by atoms with E-state index in [2.05, 4.69) is 32.3 Å². The highest BCUT2D eigenvalue weighted by molar-refractivity contribution is 5.85. The van der Waals surface area contributed by atoms with Crippen LogP contribution in [0.25, 0.3) is 6.08 Å². The molecule has 0 aliphatic carbocycles. The number of rotatable bonds is 6. The van der Waals surface area contributed by atoms with Gasteiger partial charge in [-0.1, -0.05) is 57.7 Å². The Morgan fingerprint density at radius 3 is 1.71 bits per heavy atom. The number of hydrogen-bond donors (Lipinski definition) is 2. The molecule has 0 unspecified atom stereocenters. The van der Waals surface area contributed by atoms with Crippen molar-refractivity contribution in [1.82, 2.24) is 4.90 Å². The monoisotopic (exact) mass is 335 g/mol. The highest BCUT2D eigenvalue weighted by Gasteiger charge is 1.90. The van der Waals surface area contributed by atoms with Gasteiger partial charge in [0.25, 0.3) is 0 Å². The van der Waals surface area contributed by atoms with Crippen LogP contribution in [0.3, 0.4) is 0 Å². The number of carbonyl (C=O) groups is 2. The van der Waals surface area contributed by atoms with Gasteiger partial charge in [-0.15, -0.1) is 0 Å². The molecule has 0 saturated carbocycles. The first-order valence-corrected chi connectivity index (χ1v) is 7.85. The molecule has 0 heterocycles. The van der Waals surface area contributed by atoms with E-state index >= 15 is 0 Å². The Kier molecular flexibility index (Phi) is 15.4. The largest absolute Gasteiger partial charge is 0.478 e. The molecule has 134 valence electrons. The summed E-state index contributed by atoms with van der Waals surface area (Å²) in [5.74, 6) is -1.86. The van der Waals surface area contributed by atoms with Gasteiger partial charge in [0, 0.05) is 11.6 Å². The third-order valence-electron chi connectivity index (χ3n) is 2.92. The van der Waals surface area contributed by atoms with Crippen LogP contribution in [0.15, 0.2) is 48.6 Å². The van der Waals surface area contributed by atoms with Crippen molar-refractivity contribution in [2.75, 3.05) is 19.6 Å². The Hall–Kier alpha value is -2.40. The van der Waals surface area contributed by atoms with Gasteiger partial charge >= 0.3 is 11.9 Å². The van der Waals surface area contributed by atoms with E-state index in [0.29, 0.717) is 0 Å². The van der Waals surface area contributed by atoms with Gasteiger partial charge in [0.1, 0.15) is 0 Å². The number of carboxylic acid groups (broad SMARTS) is 2. The molecule has 0 aliphatic heterocycles. The molecule has 5 nitrogen and oxygen atoms in total. The second kappa shape index (κ2) is 15.5. The molecule has 0 saturated heterocycles. The molecular formula is C19H29NO4. The Morgan fingerprint density at radius 1 is 1.04 bits per heavy atom. The van der Waals surface area contributed by atoms with E-state index in [1.807, 2.05) is 30.3 Å². The number of benzene rings is 1. The summed E-state index contributed by atoms with van der Waals surface area (Å²) in [4.78, 5) is 22.1. The minimum Gasteiger partial charge on any atom is -0.478 e. The van der Waals surface area contributed by atoms with E-state index < -0.39 is 11.9 Å². The van der Waals surface area contributed by atoms with Gasteiger partial charge in [0.05, 0.1) is 0 Å². The minimum atomic E-state index is -0.935. The minimum absolute atomic E-state index is 0.176. The van der Waals surface area contributed by atoms with Crippen LogP contribution in [0.2, 0.25) is 0 Å². The van der Waals surface area contributed by atoms with E-state index in [9.17, 15) is 9.59 Å². The fourth-order valence-corrected chi connectivity index (χ4v) is 1.40. The predicted octanol–water partition coefficient (Wildman–Crippen LogP) is 3.78. The summed E-state index contributed by atoms with van der Waals surface area (Å²) in [5.41, 5.74) is 1.07. The number of nitrogens with zero attached hydrogens (tertiary/aromatic N) is 1. The Labute approximate surface area is 144 Å². The lowest BCUT2D eigenvalue weighted by atomic mass is 10.2.